The SMILES string of the molecule is CCCNC(c1cccnc1)C1CCCO1. The van der Waals surface area contributed by atoms with Crippen molar-refractivity contribution in [3.63, 3.8) is 0 Å². The third kappa shape index (κ3) is 2.80. The van der Waals surface area contributed by atoms with Gasteiger partial charge in [0.15, 0.2) is 0 Å². The third-order valence-electron chi connectivity index (χ3n) is 2.99. The second-order valence-corrected chi connectivity index (χ2v) is 4.27. The molecule has 1 N–H and O–H groups in total. The monoisotopic (exact) mass is 220 g/mol. The molecule has 2 heterocycles. The van der Waals surface area contributed by atoms with E-state index in [9.17, 15) is 0 Å². The van der Waals surface area contributed by atoms with Crippen LogP contribution in [0.15, 0.2) is 24.5 Å². The van der Waals surface area contributed by atoms with E-state index in [1.54, 1.807) is 0 Å². The fourth-order valence-corrected chi connectivity index (χ4v) is 2.19. The van der Waals surface area contributed by atoms with Gasteiger partial charge < -0.3 is 10.1 Å². The minimum atomic E-state index is 0.302. The fraction of sp³-hybridized carbons (Fsp3) is 0.615. The van der Waals surface area contributed by atoms with Gasteiger partial charge in [0.2, 0.25) is 0 Å². The minimum Gasteiger partial charge on any atom is -0.376 e. The highest BCUT2D eigenvalue weighted by Crippen LogP contribution is 2.26. The number of nitrogens with one attached hydrogen (secondary N) is 1. The molecule has 3 heteroatoms. The highest BCUT2D eigenvalue weighted by atomic mass is 16.5. The lowest BCUT2D eigenvalue weighted by atomic mass is 10.0. The van der Waals surface area contributed by atoms with Gasteiger partial charge in [0.1, 0.15) is 0 Å². The summed E-state index contributed by atoms with van der Waals surface area (Å²) in [5, 5.41) is 3.56. The number of aromatic nitrogens is 1. The quantitative estimate of drug-likeness (QED) is 0.826. The Bertz CT molecular complexity index is 296. The first-order valence-corrected chi connectivity index (χ1v) is 6.16. The number of nitrogens with zero attached hydrogens (tertiary/aromatic N) is 1. The van der Waals surface area contributed by atoms with Gasteiger partial charge in [-0.3, -0.25) is 4.98 Å². The molecule has 0 saturated carbocycles. The first kappa shape index (κ1) is 11.6. The summed E-state index contributed by atoms with van der Waals surface area (Å²) in [6, 6.07) is 4.42. The largest absolute Gasteiger partial charge is 0.376 e. The van der Waals surface area contributed by atoms with Crippen molar-refractivity contribution >= 4 is 0 Å². The maximum atomic E-state index is 5.78. The Labute approximate surface area is 97.2 Å². The van der Waals surface area contributed by atoms with Crippen molar-refractivity contribution in [2.45, 2.75) is 38.3 Å². The molecule has 2 rings (SSSR count). The summed E-state index contributed by atoms with van der Waals surface area (Å²) in [4.78, 5) is 4.19. The van der Waals surface area contributed by atoms with Crippen molar-refractivity contribution in [2.24, 2.45) is 0 Å². The third-order valence-corrected chi connectivity index (χ3v) is 2.99. The second-order valence-electron chi connectivity index (χ2n) is 4.27. The van der Waals surface area contributed by atoms with E-state index >= 15 is 0 Å². The molecular formula is C13H20N2O. The molecule has 0 spiro atoms. The van der Waals surface area contributed by atoms with Crippen molar-refractivity contribution in [1.29, 1.82) is 0 Å². The van der Waals surface area contributed by atoms with Crippen LogP contribution in [0, 0.1) is 0 Å². The smallest absolute Gasteiger partial charge is 0.0771 e. The number of pyridine rings is 1. The van der Waals surface area contributed by atoms with E-state index in [4.69, 9.17) is 4.74 Å². The molecule has 0 aliphatic carbocycles. The summed E-state index contributed by atoms with van der Waals surface area (Å²) >= 11 is 0. The van der Waals surface area contributed by atoms with Crippen molar-refractivity contribution in [1.82, 2.24) is 10.3 Å². The van der Waals surface area contributed by atoms with Crippen LogP contribution in [0.2, 0.25) is 0 Å². The molecule has 2 unspecified atom stereocenters. The Morgan fingerprint density at radius 1 is 1.62 bits per heavy atom. The molecule has 0 aromatic carbocycles. The Hall–Kier alpha value is -0.930. The molecule has 1 saturated heterocycles. The zero-order chi connectivity index (χ0) is 11.2. The maximum Gasteiger partial charge on any atom is 0.0771 e. The lowest BCUT2D eigenvalue weighted by Gasteiger charge is -2.24. The van der Waals surface area contributed by atoms with Crippen LogP contribution in [0.25, 0.3) is 0 Å². The normalized spacial score (nSPS) is 22.2. The summed E-state index contributed by atoms with van der Waals surface area (Å²) in [6.45, 7) is 4.11. The van der Waals surface area contributed by atoms with E-state index in [2.05, 4.69) is 23.3 Å². The first-order valence-electron chi connectivity index (χ1n) is 6.16. The van der Waals surface area contributed by atoms with Crippen LogP contribution < -0.4 is 5.32 Å². The fourth-order valence-electron chi connectivity index (χ4n) is 2.19. The first-order chi connectivity index (χ1) is 7.92. The number of rotatable bonds is 5. The topological polar surface area (TPSA) is 34.2 Å². The average Bonchev–Trinajstić information content (AvgIpc) is 2.85. The highest BCUT2D eigenvalue weighted by molar-refractivity contribution is 5.15. The molecule has 1 aromatic rings. The maximum absolute atomic E-state index is 5.78. The summed E-state index contributed by atoms with van der Waals surface area (Å²) in [7, 11) is 0. The molecule has 16 heavy (non-hydrogen) atoms. The Morgan fingerprint density at radius 2 is 2.56 bits per heavy atom. The molecular weight excluding hydrogens is 200 g/mol. The number of hydrogen-bond acceptors (Lipinski definition) is 3. The molecule has 1 aliphatic rings. The predicted octanol–water partition coefficient (Wildman–Crippen LogP) is 2.30. The van der Waals surface area contributed by atoms with Crippen LogP contribution in [0.5, 0.6) is 0 Å². The van der Waals surface area contributed by atoms with Gasteiger partial charge in [-0.05, 0) is 37.4 Å². The van der Waals surface area contributed by atoms with Crippen molar-refractivity contribution < 1.29 is 4.74 Å². The minimum absolute atomic E-state index is 0.302. The van der Waals surface area contributed by atoms with Crippen molar-refractivity contribution in [2.75, 3.05) is 13.2 Å². The van der Waals surface area contributed by atoms with Crippen LogP contribution in [-0.4, -0.2) is 24.2 Å². The Morgan fingerprint density at radius 3 is 3.19 bits per heavy atom. The molecule has 1 fully saturated rings. The van der Waals surface area contributed by atoms with Gasteiger partial charge >= 0.3 is 0 Å². The molecule has 3 nitrogen and oxygen atoms in total. The molecule has 0 bridgehead atoms. The molecule has 1 aromatic heterocycles. The van der Waals surface area contributed by atoms with Crippen LogP contribution in [0.3, 0.4) is 0 Å². The van der Waals surface area contributed by atoms with Crippen LogP contribution in [0.1, 0.15) is 37.8 Å². The zero-order valence-corrected chi connectivity index (χ0v) is 9.86. The van der Waals surface area contributed by atoms with Gasteiger partial charge in [0, 0.05) is 19.0 Å². The van der Waals surface area contributed by atoms with Gasteiger partial charge in [-0.2, -0.15) is 0 Å². The van der Waals surface area contributed by atoms with Gasteiger partial charge in [0.05, 0.1) is 12.1 Å². The number of ether oxygens (including phenoxy) is 1. The molecule has 88 valence electrons. The van der Waals surface area contributed by atoms with Gasteiger partial charge in [-0.25, -0.2) is 0 Å². The van der Waals surface area contributed by atoms with E-state index in [0.717, 1.165) is 26.0 Å². The van der Waals surface area contributed by atoms with E-state index in [1.807, 2.05) is 18.5 Å². The predicted molar refractivity (Wildman–Crippen MR) is 64.2 cm³/mol. The molecule has 2 atom stereocenters. The lowest BCUT2D eigenvalue weighted by Crippen LogP contribution is -2.32. The van der Waals surface area contributed by atoms with Gasteiger partial charge in [0.25, 0.3) is 0 Å². The zero-order valence-electron chi connectivity index (χ0n) is 9.86. The van der Waals surface area contributed by atoms with Crippen molar-refractivity contribution in [3.05, 3.63) is 30.1 Å². The highest BCUT2D eigenvalue weighted by Gasteiger charge is 2.26. The Balaban J connectivity index is 2.07. The summed E-state index contributed by atoms with van der Waals surface area (Å²) in [5.41, 5.74) is 1.24. The molecule has 0 radical (unpaired) electrons. The van der Waals surface area contributed by atoms with Gasteiger partial charge in [-0.1, -0.05) is 13.0 Å². The molecule has 1 aliphatic heterocycles. The van der Waals surface area contributed by atoms with E-state index in [-0.39, 0.29) is 0 Å². The van der Waals surface area contributed by atoms with E-state index in [1.165, 1.54) is 12.0 Å². The number of hydrogen-bond donors (Lipinski definition) is 1. The average molecular weight is 220 g/mol. The van der Waals surface area contributed by atoms with Crippen LogP contribution >= 0.6 is 0 Å². The van der Waals surface area contributed by atoms with E-state index < -0.39 is 0 Å². The standard InChI is InChI=1S/C13H20N2O/c1-2-7-15-13(12-6-4-9-16-12)11-5-3-8-14-10-11/h3,5,8,10,12-13,15H,2,4,6-7,9H2,1H3. The summed E-state index contributed by atoms with van der Waals surface area (Å²) in [5.74, 6) is 0. The van der Waals surface area contributed by atoms with Gasteiger partial charge in [-0.15, -0.1) is 0 Å². The lowest BCUT2D eigenvalue weighted by molar-refractivity contribution is 0.0782. The van der Waals surface area contributed by atoms with E-state index in [0.29, 0.717) is 12.1 Å². The molecule has 0 amide bonds. The van der Waals surface area contributed by atoms with Crippen LogP contribution in [-0.2, 0) is 4.74 Å². The summed E-state index contributed by atoms with van der Waals surface area (Å²) < 4.78 is 5.78. The Kier molecular flexibility index (Phi) is 4.31. The summed E-state index contributed by atoms with van der Waals surface area (Å²) in [6.07, 6.45) is 7.54. The van der Waals surface area contributed by atoms with Crippen molar-refractivity contribution in [3.8, 4) is 0 Å². The second kappa shape index (κ2) is 5.97. The van der Waals surface area contributed by atoms with Crippen LogP contribution in [0.4, 0.5) is 0 Å².